The second-order valence-electron chi connectivity index (χ2n) is 5.93. The summed E-state index contributed by atoms with van der Waals surface area (Å²) in [6.45, 7) is 10.5. The molecular weight excluding hydrogens is 260 g/mol. The fourth-order valence-corrected chi connectivity index (χ4v) is 2.53. The molecule has 2 unspecified atom stereocenters. The minimum Gasteiger partial charge on any atom is -0.383 e. The largest absolute Gasteiger partial charge is 0.383 e. The Kier molecular flexibility index (Phi) is 7.76. The van der Waals surface area contributed by atoms with E-state index in [0.29, 0.717) is 6.04 Å². The van der Waals surface area contributed by atoms with Crippen LogP contribution in [0.25, 0.3) is 0 Å². The molecule has 0 aromatic heterocycles. The first-order chi connectivity index (χ1) is 10.0. The molecule has 3 nitrogen and oxygen atoms in total. The Morgan fingerprint density at radius 1 is 1.24 bits per heavy atom. The van der Waals surface area contributed by atoms with E-state index in [-0.39, 0.29) is 6.04 Å². The fourth-order valence-electron chi connectivity index (χ4n) is 2.53. The second kappa shape index (κ2) is 9.06. The van der Waals surface area contributed by atoms with Crippen LogP contribution in [0.15, 0.2) is 18.2 Å². The maximum atomic E-state index is 6.08. The zero-order chi connectivity index (χ0) is 15.8. The van der Waals surface area contributed by atoms with Crippen LogP contribution < -0.4 is 10.6 Å². The molecule has 120 valence electrons. The standard InChI is InChI=1S/C18H32N2O/c1-6-15(4)20(10-11-21-5)18-9-8-16(14(3)12-18)13-17(19)7-2/h8-9,12,15,17H,6-7,10-11,13,19H2,1-5H3. The van der Waals surface area contributed by atoms with E-state index in [2.05, 4.69) is 50.8 Å². The number of hydrogen-bond donors (Lipinski definition) is 1. The minimum atomic E-state index is 0.258. The molecular formula is C18H32N2O. The van der Waals surface area contributed by atoms with Crippen molar-refractivity contribution >= 4 is 5.69 Å². The second-order valence-corrected chi connectivity index (χ2v) is 5.93. The Hall–Kier alpha value is -1.06. The number of ether oxygens (including phenoxy) is 1. The van der Waals surface area contributed by atoms with Gasteiger partial charge in [0.2, 0.25) is 0 Å². The van der Waals surface area contributed by atoms with E-state index in [1.54, 1.807) is 7.11 Å². The van der Waals surface area contributed by atoms with Gasteiger partial charge < -0.3 is 15.4 Å². The summed E-state index contributed by atoms with van der Waals surface area (Å²) in [4.78, 5) is 2.43. The van der Waals surface area contributed by atoms with E-state index in [1.807, 2.05) is 0 Å². The molecule has 1 rings (SSSR count). The third-order valence-corrected chi connectivity index (χ3v) is 4.32. The summed E-state index contributed by atoms with van der Waals surface area (Å²) in [7, 11) is 1.76. The van der Waals surface area contributed by atoms with E-state index in [0.717, 1.165) is 32.4 Å². The average Bonchev–Trinajstić information content (AvgIpc) is 2.49. The fraction of sp³-hybridized carbons (Fsp3) is 0.667. The van der Waals surface area contributed by atoms with Gasteiger partial charge in [-0.15, -0.1) is 0 Å². The summed E-state index contributed by atoms with van der Waals surface area (Å²) in [6, 6.07) is 7.53. The Balaban J connectivity index is 2.92. The third-order valence-electron chi connectivity index (χ3n) is 4.32. The van der Waals surface area contributed by atoms with E-state index < -0.39 is 0 Å². The van der Waals surface area contributed by atoms with Crippen LogP contribution in [-0.4, -0.2) is 32.3 Å². The van der Waals surface area contributed by atoms with E-state index >= 15 is 0 Å². The molecule has 1 aromatic carbocycles. The predicted molar refractivity (Wildman–Crippen MR) is 92.1 cm³/mol. The van der Waals surface area contributed by atoms with Crippen molar-refractivity contribution in [3.63, 3.8) is 0 Å². The zero-order valence-electron chi connectivity index (χ0n) is 14.4. The molecule has 0 aliphatic heterocycles. The third kappa shape index (κ3) is 5.33. The molecule has 0 amide bonds. The van der Waals surface area contributed by atoms with Crippen LogP contribution in [0.4, 0.5) is 5.69 Å². The normalized spacial score (nSPS) is 14.0. The Morgan fingerprint density at radius 2 is 1.95 bits per heavy atom. The molecule has 1 aromatic rings. The van der Waals surface area contributed by atoms with Crippen molar-refractivity contribution in [2.75, 3.05) is 25.2 Å². The maximum Gasteiger partial charge on any atom is 0.0637 e. The van der Waals surface area contributed by atoms with Crippen LogP contribution in [0.3, 0.4) is 0 Å². The molecule has 0 heterocycles. The van der Waals surface area contributed by atoms with Crippen molar-refractivity contribution in [3.8, 4) is 0 Å². The van der Waals surface area contributed by atoms with E-state index in [1.165, 1.54) is 16.8 Å². The van der Waals surface area contributed by atoms with Gasteiger partial charge in [-0.2, -0.15) is 0 Å². The highest BCUT2D eigenvalue weighted by atomic mass is 16.5. The van der Waals surface area contributed by atoms with Crippen LogP contribution in [0.1, 0.15) is 44.7 Å². The summed E-state index contributed by atoms with van der Waals surface area (Å²) >= 11 is 0. The van der Waals surface area contributed by atoms with Crippen LogP contribution in [0, 0.1) is 6.92 Å². The lowest BCUT2D eigenvalue weighted by atomic mass is 9.99. The number of nitrogens with zero attached hydrogens (tertiary/aromatic N) is 1. The summed E-state index contributed by atoms with van der Waals surface area (Å²) in [5.74, 6) is 0. The van der Waals surface area contributed by atoms with Gasteiger partial charge in [0.25, 0.3) is 0 Å². The Bertz CT molecular complexity index is 420. The van der Waals surface area contributed by atoms with Crippen molar-refractivity contribution in [1.82, 2.24) is 0 Å². The number of nitrogens with two attached hydrogens (primary N) is 1. The van der Waals surface area contributed by atoms with Gasteiger partial charge in [0.1, 0.15) is 0 Å². The molecule has 0 saturated heterocycles. The van der Waals surface area contributed by atoms with Crippen molar-refractivity contribution in [2.45, 2.75) is 59.0 Å². The molecule has 0 fully saturated rings. The minimum absolute atomic E-state index is 0.258. The lowest BCUT2D eigenvalue weighted by Crippen LogP contribution is -2.35. The van der Waals surface area contributed by atoms with E-state index in [9.17, 15) is 0 Å². The molecule has 0 aliphatic carbocycles. The summed E-state index contributed by atoms with van der Waals surface area (Å²) in [5.41, 5.74) is 10.1. The molecule has 2 N–H and O–H groups in total. The summed E-state index contributed by atoms with van der Waals surface area (Å²) in [6.07, 6.45) is 3.11. The van der Waals surface area contributed by atoms with Crippen molar-refractivity contribution in [3.05, 3.63) is 29.3 Å². The molecule has 0 bridgehead atoms. The first kappa shape index (κ1) is 18.0. The number of methoxy groups -OCH3 is 1. The van der Waals surface area contributed by atoms with E-state index in [4.69, 9.17) is 10.5 Å². The number of anilines is 1. The molecule has 0 aliphatic rings. The van der Waals surface area contributed by atoms with Gasteiger partial charge in [0, 0.05) is 31.4 Å². The molecule has 0 spiro atoms. The van der Waals surface area contributed by atoms with Gasteiger partial charge in [0.05, 0.1) is 6.61 Å². The van der Waals surface area contributed by atoms with Crippen LogP contribution >= 0.6 is 0 Å². The molecule has 0 radical (unpaired) electrons. The number of benzene rings is 1. The predicted octanol–water partition coefficient (Wildman–Crippen LogP) is 3.53. The van der Waals surface area contributed by atoms with Gasteiger partial charge in [-0.25, -0.2) is 0 Å². The molecule has 21 heavy (non-hydrogen) atoms. The van der Waals surface area contributed by atoms with Gasteiger partial charge in [-0.05, 0) is 56.4 Å². The average molecular weight is 292 g/mol. The lowest BCUT2D eigenvalue weighted by Gasteiger charge is -2.31. The van der Waals surface area contributed by atoms with Gasteiger partial charge in [0.15, 0.2) is 0 Å². The highest BCUT2D eigenvalue weighted by Crippen LogP contribution is 2.23. The number of hydrogen-bond acceptors (Lipinski definition) is 3. The summed E-state index contributed by atoms with van der Waals surface area (Å²) < 4.78 is 5.25. The molecule has 3 heteroatoms. The van der Waals surface area contributed by atoms with Crippen LogP contribution in [0.2, 0.25) is 0 Å². The first-order valence-electron chi connectivity index (χ1n) is 8.14. The highest BCUT2D eigenvalue weighted by Gasteiger charge is 2.14. The maximum absolute atomic E-state index is 6.08. The van der Waals surface area contributed by atoms with Gasteiger partial charge in [-0.1, -0.05) is 19.9 Å². The molecule has 0 saturated carbocycles. The number of rotatable bonds is 9. The highest BCUT2D eigenvalue weighted by molar-refractivity contribution is 5.51. The van der Waals surface area contributed by atoms with Crippen LogP contribution in [0.5, 0.6) is 0 Å². The van der Waals surface area contributed by atoms with Crippen molar-refractivity contribution < 1.29 is 4.74 Å². The monoisotopic (exact) mass is 292 g/mol. The molecule has 2 atom stereocenters. The Labute approximate surface area is 130 Å². The smallest absolute Gasteiger partial charge is 0.0637 e. The zero-order valence-corrected chi connectivity index (χ0v) is 14.4. The topological polar surface area (TPSA) is 38.5 Å². The van der Waals surface area contributed by atoms with Gasteiger partial charge >= 0.3 is 0 Å². The lowest BCUT2D eigenvalue weighted by molar-refractivity contribution is 0.203. The summed E-state index contributed by atoms with van der Waals surface area (Å²) in [5, 5.41) is 0. The Morgan fingerprint density at radius 3 is 2.48 bits per heavy atom. The SMILES string of the molecule is CCC(N)Cc1ccc(N(CCOC)C(C)CC)cc1C. The first-order valence-corrected chi connectivity index (χ1v) is 8.14. The van der Waals surface area contributed by atoms with Gasteiger partial charge in [-0.3, -0.25) is 0 Å². The van der Waals surface area contributed by atoms with Crippen molar-refractivity contribution in [1.29, 1.82) is 0 Å². The quantitative estimate of drug-likeness (QED) is 0.757. The van der Waals surface area contributed by atoms with Crippen LogP contribution in [-0.2, 0) is 11.2 Å². The van der Waals surface area contributed by atoms with Crippen molar-refractivity contribution in [2.24, 2.45) is 5.73 Å². The number of aryl methyl sites for hydroxylation is 1.